The van der Waals surface area contributed by atoms with Crippen LogP contribution in [0.3, 0.4) is 0 Å². The Hall–Kier alpha value is -1.59. The lowest BCUT2D eigenvalue weighted by atomic mass is 9.52. The van der Waals surface area contributed by atoms with Gasteiger partial charge in [0.1, 0.15) is 0 Å². The molecule has 1 aromatic carbocycles. The first-order chi connectivity index (χ1) is 12.0. The van der Waals surface area contributed by atoms with E-state index in [1.165, 1.54) is 12.8 Å². The molecule has 2 N–H and O–H groups in total. The van der Waals surface area contributed by atoms with Crippen LogP contribution in [0, 0.1) is 5.92 Å². The third-order valence-corrected chi connectivity index (χ3v) is 7.12. The van der Waals surface area contributed by atoms with Crippen LogP contribution in [-0.2, 0) is 21.4 Å². The van der Waals surface area contributed by atoms with Crippen molar-refractivity contribution in [1.29, 1.82) is 0 Å². The third kappa shape index (κ3) is 1.83. The minimum Gasteiger partial charge on any atom is -0.504 e. The van der Waals surface area contributed by atoms with Crippen molar-refractivity contribution in [3.05, 3.63) is 23.3 Å². The van der Waals surface area contributed by atoms with E-state index in [2.05, 4.69) is 12.2 Å². The second-order valence-electron chi connectivity index (χ2n) is 8.32. The normalized spacial score (nSPS) is 38.4. The van der Waals surface area contributed by atoms with Gasteiger partial charge in [0.05, 0.1) is 11.0 Å². The molecule has 5 rings (SSSR count). The predicted molar refractivity (Wildman–Crippen MR) is 92.1 cm³/mol. The quantitative estimate of drug-likeness (QED) is 0.876. The molecule has 0 radical (unpaired) electrons. The highest BCUT2D eigenvalue weighted by molar-refractivity contribution is 5.89. The Balaban J connectivity index is 1.68. The van der Waals surface area contributed by atoms with Gasteiger partial charge < -0.3 is 19.9 Å². The van der Waals surface area contributed by atoms with Crippen molar-refractivity contribution in [3.63, 3.8) is 0 Å². The number of hydrogen-bond donors (Lipinski definition) is 2. The van der Waals surface area contributed by atoms with Crippen LogP contribution in [0.15, 0.2) is 12.1 Å². The monoisotopic (exact) mass is 343 g/mol. The topological polar surface area (TPSA) is 67.8 Å². The van der Waals surface area contributed by atoms with Gasteiger partial charge in [-0.25, -0.2) is 0 Å². The summed E-state index contributed by atoms with van der Waals surface area (Å²) >= 11 is 0. The van der Waals surface area contributed by atoms with Crippen LogP contribution in [0.2, 0.25) is 0 Å². The Morgan fingerprint density at radius 1 is 1.40 bits per heavy atom. The molecule has 3 aliphatic carbocycles. The first-order valence-corrected chi connectivity index (χ1v) is 9.34. The van der Waals surface area contributed by atoms with Crippen molar-refractivity contribution in [1.82, 2.24) is 5.32 Å². The highest BCUT2D eigenvalue weighted by atomic mass is 16.5. The Labute approximate surface area is 147 Å². The van der Waals surface area contributed by atoms with E-state index in [0.29, 0.717) is 18.6 Å². The van der Waals surface area contributed by atoms with Crippen LogP contribution in [-0.4, -0.2) is 42.3 Å². The summed E-state index contributed by atoms with van der Waals surface area (Å²) in [6.45, 7) is 3.10. The summed E-state index contributed by atoms with van der Waals surface area (Å²) in [5.41, 5.74) is 1.08. The lowest BCUT2D eigenvalue weighted by Gasteiger charge is -2.57. The standard InChI is InChI=1S/C20H25NO4/c1-19-16-12-5-6-13(22)17(16)25-18(19)14(23)7-8-20(19,24-2)15(9-12)21-10-11-3-4-11/h5-6,11,15,18,21-22H,3-4,7-10H2,1-2H3/t15-,18+,19?,20-/m0/s1. The van der Waals surface area contributed by atoms with E-state index in [1.807, 2.05) is 6.07 Å². The second-order valence-corrected chi connectivity index (χ2v) is 8.32. The zero-order valence-corrected chi connectivity index (χ0v) is 14.8. The first-order valence-electron chi connectivity index (χ1n) is 9.34. The lowest BCUT2D eigenvalue weighted by molar-refractivity contribution is -0.164. The number of hydrogen-bond acceptors (Lipinski definition) is 5. The Bertz CT molecular complexity index is 758. The summed E-state index contributed by atoms with van der Waals surface area (Å²) in [7, 11) is 1.76. The van der Waals surface area contributed by atoms with E-state index in [9.17, 15) is 9.90 Å². The largest absolute Gasteiger partial charge is 0.504 e. The predicted octanol–water partition coefficient (Wildman–Crippen LogP) is 2.08. The fourth-order valence-electron chi connectivity index (χ4n) is 5.60. The van der Waals surface area contributed by atoms with Crippen LogP contribution in [0.1, 0.15) is 43.7 Å². The van der Waals surface area contributed by atoms with E-state index in [0.717, 1.165) is 30.0 Å². The van der Waals surface area contributed by atoms with E-state index in [4.69, 9.17) is 9.47 Å². The Morgan fingerprint density at radius 3 is 2.92 bits per heavy atom. The van der Waals surface area contributed by atoms with Crippen molar-refractivity contribution in [2.24, 2.45) is 5.92 Å². The van der Waals surface area contributed by atoms with Crippen molar-refractivity contribution in [3.8, 4) is 11.5 Å². The summed E-state index contributed by atoms with van der Waals surface area (Å²) in [5, 5.41) is 14.1. The van der Waals surface area contributed by atoms with Crippen LogP contribution < -0.4 is 10.1 Å². The molecule has 1 aliphatic heterocycles. The highest BCUT2D eigenvalue weighted by Gasteiger charge is 2.69. The molecule has 1 heterocycles. The molecule has 0 saturated heterocycles. The van der Waals surface area contributed by atoms with E-state index >= 15 is 0 Å². The number of carbonyl (C=O) groups excluding carboxylic acids is 1. The molecule has 2 saturated carbocycles. The van der Waals surface area contributed by atoms with Crippen LogP contribution in [0.25, 0.3) is 0 Å². The Morgan fingerprint density at radius 2 is 2.20 bits per heavy atom. The Kier molecular flexibility index (Phi) is 3.12. The maximum atomic E-state index is 12.7. The summed E-state index contributed by atoms with van der Waals surface area (Å²) < 4.78 is 12.3. The third-order valence-electron chi connectivity index (χ3n) is 7.12. The number of carbonyl (C=O) groups is 1. The van der Waals surface area contributed by atoms with Gasteiger partial charge in [-0.05, 0) is 56.7 Å². The highest BCUT2D eigenvalue weighted by Crippen LogP contribution is 2.62. The van der Waals surface area contributed by atoms with Gasteiger partial charge in [0.15, 0.2) is 23.4 Å². The van der Waals surface area contributed by atoms with Crippen molar-refractivity contribution < 1.29 is 19.4 Å². The maximum Gasteiger partial charge on any atom is 0.174 e. The van der Waals surface area contributed by atoms with Gasteiger partial charge >= 0.3 is 0 Å². The van der Waals surface area contributed by atoms with E-state index in [1.54, 1.807) is 13.2 Å². The molecule has 1 unspecified atom stereocenters. The molecule has 25 heavy (non-hydrogen) atoms. The van der Waals surface area contributed by atoms with E-state index < -0.39 is 17.1 Å². The number of ether oxygens (including phenoxy) is 2. The van der Waals surface area contributed by atoms with Crippen molar-refractivity contribution in [2.75, 3.05) is 13.7 Å². The number of methoxy groups -OCH3 is 1. The summed E-state index contributed by atoms with van der Waals surface area (Å²) in [6, 6.07) is 3.82. The molecule has 2 fully saturated rings. The van der Waals surface area contributed by atoms with Crippen molar-refractivity contribution >= 4 is 5.78 Å². The van der Waals surface area contributed by atoms with Crippen molar-refractivity contribution in [2.45, 2.75) is 62.2 Å². The fourth-order valence-corrected chi connectivity index (χ4v) is 5.60. The second kappa shape index (κ2) is 4.98. The average molecular weight is 343 g/mol. The molecule has 0 spiro atoms. The number of benzene rings is 1. The van der Waals surface area contributed by atoms with Gasteiger partial charge in [0.25, 0.3) is 0 Å². The molecule has 5 heteroatoms. The molecule has 0 aromatic heterocycles. The van der Waals surface area contributed by atoms with Gasteiger partial charge in [-0.2, -0.15) is 0 Å². The van der Waals surface area contributed by atoms with Crippen LogP contribution in [0.5, 0.6) is 11.5 Å². The SMILES string of the molecule is CO[C@]12CCC(=O)[C@H]3Oc4c(O)ccc(c4C31C)C[C@@H]2NCC1CC1. The minimum absolute atomic E-state index is 0.111. The van der Waals surface area contributed by atoms with E-state index in [-0.39, 0.29) is 17.6 Å². The number of nitrogens with one attached hydrogen (secondary N) is 1. The number of rotatable bonds is 4. The smallest absolute Gasteiger partial charge is 0.174 e. The zero-order valence-electron chi connectivity index (χ0n) is 14.8. The van der Waals surface area contributed by atoms with Crippen LogP contribution in [0.4, 0.5) is 0 Å². The van der Waals surface area contributed by atoms with Gasteiger partial charge in [-0.15, -0.1) is 0 Å². The molecule has 0 amide bonds. The first kappa shape index (κ1) is 15.6. The number of phenols is 1. The zero-order chi connectivity index (χ0) is 17.4. The summed E-state index contributed by atoms with van der Waals surface area (Å²) in [4.78, 5) is 12.7. The molecule has 0 bridgehead atoms. The maximum absolute atomic E-state index is 12.7. The molecule has 134 valence electrons. The average Bonchev–Trinajstić information content (AvgIpc) is 3.36. The lowest BCUT2D eigenvalue weighted by Crippen LogP contribution is -2.72. The summed E-state index contributed by atoms with van der Waals surface area (Å²) in [5.74, 6) is 1.50. The van der Waals surface area contributed by atoms with Gasteiger partial charge in [0, 0.05) is 25.1 Å². The molecular weight excluding hydrogens is 318 g/mol. The minimum atomic E-state index is -0.575. The van der Waals surface area contributed by atoms with Gasteiger partial charge in [0.2, 0.25) is 0 Å². The molecule has 4 atom stereocenters. The fraction of sp³-hybridized carbons (Fsp3) is 0.650. The number of aromatic hydroxyl groups is 1. The molecule has 1 aromatic rings. The van der Waals surface area contributed by atoms with Gasteiger partial charge in [-0.1, -0.05) is 6.07 Å². The molecular formula is C20H25NO4. The number of Topliss-reactive ketones (excluding diaryl/α,β-unsaturated/α-hetero) is 1. The number of ketones is 1. The summed E-state index contributed by atoms with van der Waals surface area (Å²) in [6.07, 6.45) is 4.01. The molecule has 5 nitrogen and oxygen atoms in total. The van der Waals surface area contributed by atoms with Crippen LogP contribution >= 0.6 is 0 Å². The van der Waals surface area contributed by atoms with Gasteiger partial charge in [-0.3, -0.25) is 4.79 Å². The molecule has 4 aliphatic rings. The number of phenolic OH excluding ortho intramolecular Hbond substituents is 1.